The summed E-state index contributed by atoms with van der Waals surface area (Å²) in [7, 11) is 0. The molecule has 27 heavy (non-hydrogen) atoms. The summed E-state index contributed by atoms with van der Waals surface area (Å²) in [5.74, 6) is 0.631. The third kappa shape index (κ3) is 11.8. The molecule has 0 saturated carbocycles. The van der Waals surface area contributed by atoms with Gasteiger partial charge in [0.1, 0.15) is 0 Å². The molecule has 2 heteroatoms. The SMILES string of the molecule is CCCCCCCCCCCCCCCCc1ccc(CCl)c(C)c1C.N. The van der Waals surface area contributed by atoms with Crippen molar-refractivity contribution >= 4 is 11.6 Å². The zero-order chi connectivity index (χ0) is 19.0. The van der Waals surface area contributed by atoms with E-state index in [9.17, 15) is 0 Å². The molecule has 0 fully saturated rings. The zero-order valence-electron chi connectivity index (χ0n) is 18.6. The van der Waals surface area contributed by atoms with Crippen LogP contribution in [0.1, 0.15) is 119 Å². The van der Waals surface area contributed by atoms with Crippen molar-refractivity contribution in [3.8, 4) is 0 Å². The molecule has 0 aromatic heterocycles. The van der Waals surface area contributed by atoms with Gasteiger partial charge in [0.15, 0.2) is 0 Å². The van der Waals surface area contributed by atoms with Gasteiger partial charge in [-0.05, 0) is 48.9 Å². The van der Waals surface area contributed by atoms with E-state index in [1.54, 1.807) is 0 Å². The van der Waals surface area contributed by atoms with Gasteiger partial charge in [0.05, 0.1) is 0 Å². The molecule has 158 valence electrons. The number of aryl methyl sites for hydroxylation is 1. The fourth-order valence-electron chi connectivity index (χ4n) is 3.86. The molecule has 1 nitrogen and oxygen atoms in total. The van der Waals surface area contributed by atoms with Crippen LogP contribution in [-0.2, 0) is 12.3 Å². The summed E-state index contributed by atoms with van der Waals surface area (Å²) >= 11 is 6.00. The van der Waals surface area contributed by atoms with E-state index in [1.807, 2.05) is 0 Å². The lowest BCUT2D eigenvalue weighted by molar-refractivity contribution is 0.535. The molecule has 0 heterocycles. The lowest BCUT2D eigenvalue weighted by Crippen LogP contribution is -1.96. The van der Waals surface area contributed by atoms with E-state index >= 15 is 0 Å². The first kappa shape index (κ1) is 26.5. The van der Waals surface area contributed by atoms with Crippen LogP contribution in [-0.4, -0.2) is 0 Å². The van der Waals surface area contributed by atoms with Crippen molar-refractivity contribution in [2.45, 2.75) is 123 Å². The van der Waals surface area contributed by atoms with Crippen molar-refractivity contribution in [1.82, 2.24) is 6.15 Å². The fraction of sp³-hybridized carbons (Fsp3) is 0.760. The number of hydrogen-bond donors (Lipinski definition) is 1. The van der Waals surface area contributed by atoms with Crippen LogP contribution >= 0.6 is 11.6 Å². The number of hydrogen-bond acceptors (Lipinski definition) is 1. The van der Waals surface area contributed by atoms with Crippen molar-refractivity contribution in [2.75, 3.05) is 0 Å². The van der Waals surface area contributed by atoms with E-state index < -0.39 is 0 Å². The second-order valence-corrected chi connectivity index (χ2v) is 8.38. The van der Waals surface area contributed by atoms with Crippen molar-refractivity contribution in [2.24, 2.45) is 0 Å². The summed E-state index contributed by atoms with van der Waals surface area (Å²) in [5, 5.41) is 0. The van der Waals surface area contributed by atoms with Crippen LogP contribution in [0.2, 0.25) is 0 Å². The van der Waals surface area contributed by atoms with Gasteiger partial charge in [-0.3, -0.25) is 0 Å². The summed E-state index contributed by atoms with van der Waals surface area (Å²) in [6, 6.07) is 4.51. The largest absolute Gasteiger partial charge is 0.344 e. The molecule has 0 amide bonds. The van der Waals surface area contributed by atoms with E-state index in [-0.39, 0.29) is 6.15 Å². The molecule has 0 bridgehead atoms. The first-order chi connectivity index (χ1) is 12.7. The number of unbranched alkanes of at least 4 members (excludes halogenated alkanes) is 13. The molecular weight excluding hydrogens is 350 g/mol. The van der Waals surface area contributed by atoms with Crippen LogP contribution in [0.4, 0.5) is 0 Å². The van der Waals surface area contributed by atoms with Gasteiger partial charge in [0.25, 0.3) is 0 Å². The van der Waals surface area contributed by atoms with E-state index in [2.05, 4.69) is 32.9 Å². The highest BCUT2D eigenvalue weighted by atomic mass is 35.5. The minimum absolute atomic E-state index is 0. The number of rotatable bonds is 16. The van der Waals surface area contributed by atoms with Crippen LogP contribution in [0.3, 0.4) is 0 Å². The predicted octanol–water partition coefficient (Wildman–Crippen LogP) is 9.23. The smallest absolute Gasteiger partial charge is 0.0476 e. The van der Waals surface area contributed by atoms with Crippen molar-refractivity contribution in [3.05, 3.63) is 34.4 Å². The fourth-order valence-corrected chi connectivity index (χ4v) is 4.15. The van der Waals surface area contributed by atoms with Crippen LogP contribution in [0, 0.1) is 13.8 Å². The average molecular weight is 396 g/mol. The molecule has 0 unspecified atom stereocenters. The van der Waals surface area contributed by atoms with Crippen LogP contribution in [0.25, 0.3) is 0 Å². The summed E-state index contributed by atoms with van der Waals surface area (Å²) in [5.41, 5.74) is 5.66. The third-order valence-corrected chi connectivity index (χ3v) is 6.24. The summed E-state index contributed by atoms with van der Waals surface area (Å²) in [4.78, 5) is 0. The highest BCUT2D eigenvalue weighted by molar-refractivity contribution is 6.17. The second-order valence-electron chi connectivity index (χ2n) is 8.11. The predicted molar refractivity (Wildman–Crippen MR) is 125 cm³/mol. The second kappa shape index (κ2) is 17.6. The molecule has 0 radical (unpaired) electrons. The Hall–Kier alpha value is -0.530. The van der Waals surface area contributed by atoms with Crippen molar-refractivity contribution in [1.29, 1.82) is 0 Å². The molecule has 1 aromatic carbocycles. The van der Waals surface area contributed by atoms with Crippen LogP contribution in [0.15, 0.2) is 12.1 Å². The Morgan fingerprint density at radius 3 is 1.41 bits per heavy atom. The zero-order valence-corrected chi connectivity index (χ0v) is 19.3. The molecule has 0 spiro atoms. The van der Waals surface area contributed by atoms with Gasteiger partial charge in [-0.1, -0.05) is 103 Å². The number of benzene rings is 1. The maximum Gasteiger partial charge on any atom is 0.0476 e. The highest BCUT2D eigenvalue weighted by Crippen LogP contribution is 2.21. The Balaban J connectivity index is 0.00000676. The van der Waals surface area contributed by atoms with E-state index in [0.717, 1.165) is 0 Å². The molecule has 3 N–H and O–H groups in total. The monoisotopic (exact) mass is 395 g/mol. The Morgan fingerprint density at radius 1 is 0.593 bits per heavy atom. The molecule has 1 aromatic rings. The van der Waals surface area contributed by atoms with Crippen LogP contribution in [0.5, 0.6) is 0 Å². The minimum atomic E-state index is 0. The topological polar surface area (TPSA) is 35.0 Å². The van der Waals surface area contributed by atoms with Gasteiger partial charge in [0, 0.05) is 5.88 Å². The van der Waals surface area contributed by atoms with Gasteiger partial charge in [0.2, 0.25) is 0 Å². The molecule has 1 rings (SSSR count). The van der Waals surface area contributed by atoms with E-state index in [4.69, 9.17) is 11.6 Å². The summed E-state index contributed by atoms with van der Waals surface area (Å²) < 4.78 is 0. The Kier molecular flexibility index (Phi) is 17.2. The molecule has 0 aliphatic rings. The van der Waals surface area contributed by atoms with Crippen molar-refractivity contribution < 1.29 is 0 Å². The summed E-state index contributed by atoms with van der Waals surface area (Å²) in [6.07, 6.45) is 21.2. The molecular formula is C25H46ClN. The third-order valence-electron chi connectivity index (χ3n) is 5.96. The number of halogens is 1. The minimum Gasteiger partial charge on any atom is -0.344 e. The lowest BCUT2D eigenvalue weighted by atomic mass is 9.95. The number of alkyl halides is 1. The Labute approximate surface area is 175 Å². The van der Waals surface area contributed by atoms with E-state index in [0.29, 0.717) is 5.88 Å². The van der Waals surface area contributed by atoms with Crippen molar-refractivity contribution in [3.63, 3.8) is 0 Å². The maximum atomic E-state index is 6.00. The van der Waals surface area contributed by atoms with Gasteiger partial charge in [-0.25, -0.2) is 0 Å². The van der Waals surface area contributed by atoms with Gasteiger partial charge in [-0.15, -0.1) is 11.6 Å². The first-order valence-corrected chi connectivity index (χ1v) is 11.9. The van der Waals surface area contributed by atoms with E-state index in [1.165, 1.54) is 119 Å². The van der Waals surface area contributed by atoms with Gasteiger partial charge in [-0.2, -0.15) is 0 Å². The maximum absolute atomic E-state index is 6.00. The molecule has 0 saturated heterocycles. The molecule has 0 aliphatic heterocycles. The Bertz CT molecular complexity index is 470. The average Bonchev–Trinajstić information content (AvgIpc) is 2.65. The quantitative estimate of drug-likeness (QED) is 0.219. The summed E-state index contributed by atoms with van der Waals surface area (Å²) in [6.45, 7) is 6.76. The highest BCUT2D eigenvalue weighted by Gasteiger charge is 2.05. The molecule has 0 atom stereocenters. The van der Waals surface area contributed by atoms with Gasteiger partial charge < -0.3 is 6.15 Å². The Morgan fingerprint density at radius 2 is 0.963 bits per heavy atom. The van der Waals surface area contributed by atoms with Gasteiger partial charge >= 0.3 is 0 Å². The lowest BCUT2D eigenvalue weighted by Gasteiger charge is -2.12. The van der Waals surface area contributed by atoms with Crippen LogP contribution < -0.4 is 6.15 Å². The molecule has 0 aliphatic carbocycles. The normalized spacial score (nSPS) is 10.8. The first-order valence-electron chi connectivity index (χ1n) is 11.3. The standard InChI is InChI=1S/C25H43Cl.H3N/c1-4-5-6-7-8-9-10-11-12-13-14-15-16-17-18-24-19-20-25(21-26)23(3)22(24)2;/h19-20H,4-18,21H2,1-3H3;1H3.